The fourth-order valence-electron chi connectivity index (χ4n) is 2.58. The molecule has 0 bridgehead atoms. The molecule has 0 spiro atoms. The monoisotopic (exact) mass is 313 g/mol. The SMILES string of the molecule is CCCCCN(CCCCC)C(=O)OCC(CC)CCCC. The highest BCUT2D eigenvalue weighted by Gasteiger charge is 2.16. The first-order valence-electron chi connectivity index (χ1n) is 9.61. The van der Waals surface area contributed by atoms with Gasteiger partial charge in [-0.1, -0.05) is 72.6 Å². The largest absolute Gasteiger partial charge is 0.449 e. The molecule has 0 aromatic rings. The second-order valence-corrected chi connectivity index (χ2v) is 6.39. The maximum atomic E-state index is 12.3. The minimum Gasteiger partial charge on any atom is -0.449 e. The molecule has 1 unspecified atom stereocenters. The number of ether oxygens (including phenoxy) is 1. The number of nitrogens with zero attached hydrogens (tertiary/aromatic N) is 1. The van der Waals surface area contributed by atoms with Gasteiger partial charge in [0.05, 0.1) is 6.61 Å². The Labute approximate surface area is 138 Å². The topological polar surface area (TPSA) is 29.5 Å². The molecule has 0 fully saturated rings. The molecule has 0 rings (SSSR count). The second kappa shape index (κ2) is 15.2. The third kappa shape index (κ3) is 10.9. The second-order valence-electron chi connectivity index (χ2n) is 6.39. The van der Waals surface area contributed by atoms with Crippen molar-refractivity contribution in [2.45, 2.75) is 91.9 Å². The first kappa shape index (κ1) is 21.3. The number of rotatable bonds is 14. The fraction of sp³-hybridized carbons (Fsp3) is 0.947. The van der Waals surface area contributed by atoms with Crippen molar-refractivity contribution in [2.75, 3.05) is 19.7 Å². The van der Waals surface area contributed by atoms with E-state index in [0.29, 0.717) is 12.5 Å². The van der Waals surface area contributed by atoms with Crippen LogP contribution in [0, 0.1) is 5.92 Å². The van der Waals surface area contributed by atoms with E-state index in [1.165, 1.54) is 44.9 Å². The van der Waals surface area contributed by atoms with Crippen LogP contribution < -0.4 is 0 Å². The first-order chi connectivity index (χ1) is 10.7. The van der Waals surface area contributed by atoms with Gasteiger partial charge in [0, 0.05) is 13.1 Å². The minimum absolute atomic E-state index is 0.0952. The highest BCUT2D eigenvalue weighted by Crippen LogP contribution is 2.14. The molecule has 0 saturated heterocycles. The summed E-state index contributed by atoms with van der Waals surface area (Å²) in [6, 6.07) is 0. The van der Waals surface area contributed by atoms with Crippen LogP contribution in [0.15, 0.2) is 0 Å². The van der Waals surface area contributed by atoms with E-state index in [-0.39, 0.29) is 6.09 Å². The maximum absolute atomic E-state index is 12.3. The van der Waals surface area contributed by atoms with Crippen molar-refractivity contribution in [3.05, 3.63) is 0 Å². The van der Waals surface area contributed by atoms with Crippen molar-refractivity contribution in [3.63, 3.8) is 0 Å². The molecule has 0 heterocycles. The average Bonchev–Trinajstić information content (AvgIpc) is 2.53. The highest BCUT2D eigenvalue weighted by molar-refractivity contribution is 5.67. The summed E-state index contributed by atoms with van der Waals surface area (Å²) in [6.07, 6.45) is 11.5. The summed E-state index contributed by atoms with van der Waals surface area (Å²) in [4.78, 5) is 14.3. The predicted molar refractivity (Wildman–Crippen MR) is 95.3 cm³/mol. The van der Waals surface area contributed by atoms with Crippen LogP contribution in [-0.4, -0.2) is 30.7 Å². The van der Waals surface area contributed by atoms with Crippen LogP contribution in [0.4, 0.5) is 4.79 Å². The van der Waals surface area contributed by atoms with Crippen molar-refractivity contribution in [2.24, 2.45) is 5.92 Å². The molecule has 1 amide bonds. The van der Waals surface area contributed by atoms with Gasteiger partial charge >= 0.3 is 6.09 Å². The Morgan fingerprint density at radius 1 is 0.864 bits per heavy atom. The molecule has 3 nitrogen and oxygen atoms in total. The fourth-order valence-corrected chi connectivity index (χ4v) is 2.58. The number of hydrogen-bond acceptors (Lipinski definition) is 2. The molecule has 3 heteroatoms. The van der Waals surface area contributed by atoms with Crippen molar-refractivity contribution < 1.29 is 9.53 Å². The van der Waals surface area contributed by atoms with E-state index >= 15 is 0 Å². The molecular formula is C19H39NO2. The van der Waals surface area contributed by atoms with E-state index < -0.39 is 0 Å². The Morgan fingerprint density at radius 3 is 1.86 bits per heavy atom. The zero-order valence-electron chi connectivity index (χ0n) is 15.5. The van der Waals surface area contributed by atoms with E-state index in [1.54, 1.807) is 0 Å². The zero-order chi connectivity index (χ0) is 16.6. The lowest BCUT2D eigenvalue weighted by atomic mass is 10.0. The Hall–Kier alpha value is -0.730. The molecule has 0 N–H and O–H groups in total. The van der Waals surface area contributed by atoms with Crippen molar-refractivity contribution in [1.82, 2.24) is 4.90 Å². The summed E-state index contributed by atoms with van der Waals surface area (Å²) in [7, 11) is 0. The van der Waals surface area contributed by atoms with Crippen LogP contribution >= 0.6 is 0 Å². The summed E-state index contributed by atoms with van der Waals surface area (Å²) >= 11 is 0. The maximum Gasteiger partial charge on any atom is 0.409 e. The normalized spacial score (nSPS) is 12.2. The number of hydrogen-bond donors (Lipinski definition) is 0. The number of amides is 1. The summed E-state index contributed by atoms with van der Waals surface area (Å²) < 4.78 is 5.60. The van der Waals surface area contributed by atoms with Gasteiger partial charge in [0.15, 0.2) is 0 Å². The van der Waals surface area contributed by atoms with Crippen LogP contribution in [-0.2, 0) is 4.74 Å². The molecule has 22 heavy (non-hydrogen) atoms. The van der Waals surface area contributed by atoms with Gasteiger partial charge in [-0.15, -0.1) is 0 Å². The molecule has 0 radical (unpaired) electrons. The molecule has 0 aliphatic heterocycles. The Kier molecular flexibility index (Phi) is 14.7. The number of carbonyl (C=O) groups excluding carboxylic acids is 1. The molecule has 0 aliphatic rings. The van der Waals surface area contributed by atoms with Crippen molar-refractivity contribution in [3.8, 4) is 0 Å². The summed E-state index contributed by atoms with van der Waals surface area (Å²) in [5, 5.41) is 0. The molecule has 0 aromatic heterocycles. The minimum atomic E-state index is -0.0952. The lowest BCUT2D eigenvalue weighted by molar-refractivity contribution is 0.0835. The van der Waals surface area contributed by atoms with E-state index in [0.717, 1.165) is 32.4 Å². The van der Waals surface area contributed by atoms with E-state index in [1.807, 2.05) is 4.90 Å². The highest BCUT2D eigenvalue weighted by atomic mass is 16.6. The summed E-state index contributed by atoms with van der Waals surface area (Å²) in [5.74, 6) is 0.525. The van der Waals surface area contributed by atoms with Crippen LogP contribution in [0.2, 0.25) is 0 Å². The van der Waals surface area contributed by atoms with Gasteiger partial charge in [-0.2, -0.15) is 0 Å². The third-order valence-electron chi connectivity index (χ3n) is 4.31. The smallest absolute Gasteiger partial charge is 0.409 e. The van der Waals surface area contributed by atoms with Gasteiger partial charge in [0.2, 0.25) is 0 Å². The van der Waals surface area contributed by atoms with Crippen molar-refractivity contribution in [1.29, 1.82) is 0 Å². The lowest BCUT2D eigenvalue weighted by Crippen LogP contribution is -2.34. The Morgan fingerprint density at radius 2 is 1.41 bits per heavy atom. The van der Waals surface area contributed by atoms with E-state index in [4.69, 9.17) is 4.74 Å². The zero-order valence-corrected chi connectivity index (χ0v) is 15.5. The molecular weight excluding hydrogens is 274 g/mol. The van der Waals surface area contributed by atoms with E-state index in [2.05, 4.69) is 27.7 Å². The Balaban J connectivity index is 4.21. The molecule has 0 aromatic carbocycles. The van der Waals surface area contributed by atoms with Gasteiger partial charge < -0.3 is 9.64 Å². The number of carbonyl (C=O) groups is 1. The van der Waals surface area contributed by atoms with Crippen LogP contribution in [0.3, 0.4) is 0 Å². The van der Waals surface area contributed by atoms with Gasteiger partial charge in [0.1, 0.15) is 0 Å². The van der Waals surface area contributed by atoms with Gasteiger partial charge in [-0.25, -0.2) is 4.79 Å². The summed E-state index contributed by atoms with van der Waals surface area (Å²) in [5.41, 5.74) is 0. The van der Waals surface area contributed by atoms with E-state index in [9.17, 15) is 4.79 Å². The van der Waals surface area contributed by atoms with Crippen molar-refractivity contribution >= 4 is 6.09 Å². The summed E-state index contributed by atoms with van der Waals surface area (Å²) in [6.45, 7) is 11.1. The first-order valence-corrected chi connectivity index (χ1v) is 9.61. The van der Waals surface area contributed by atoms with Gasteiger partial charge in [-0.3, -0.25) is 0 Å². The molecule has 1 atom stereocenters. The standard InChI is InChI=1S/C19H39NO2/c1-5-9-12-15-20(16-13-10-6-2)19(21)22-17-18(8-4)14-11-7-3/h18H,5-17H2,1-4H3. The third-order valence-corrected chi connectivity index (χ3v) is 4.31. The average molecular weight is 314 g/mol. The number of unbranched alkanes of at least 4 members (excludes halogenated alkanes) is 5. The van der Waals surface area contributed by atoms with Crippen LogP contribution in [0.5, 0.6) is 0 Å². The molecule has 0 aliphatic carbocycles. The van der Waals surface area contributed by atoms with Crippen LogP contribution in [0.25, 0.3) is 0 Å². The van der Waals surface area contributed by atoms with Crippen LogP contribution in [0.1, 0.15) is 91.9 Å². The molecule has 0 saturated carbocycles. The molecule has 132 valence electrons. The predicted octanol–water partition coefficient (Wildman–Crippen LogP) is 6.02. The van der Waals surface area contributed by atoms with Gasteiger partial charge in [0.25, 0.3) is 0 Å². The lowest BCUT2D eigenvalue weighted by Gasteiger charge is -2.23. The Bertz CT molecular complexity index is 246. The van der Waals surface area contributed by atoms with Gasteiger partial charge in [-0.05, 0) is 25.2 Å². The quantitative estimate of drug-likeness (QED) is 0.367.